The minimum atomic E-state index is 0.0498. The highest BCUT2D eigenvalue weighted by Crippen LogP contribution is 2.32. The van der Waals surface area contributed by atoms with Crippen LogP contribution in [0.4, 0.5) is 0 Å². The van der Waals surface area contributed by atoms with Crippen LogP contribution in [0.25, 0.3) is 11.3 Å². The minimum absolute atomic E-state index is 0.0498. The van der Waals surface area contributed by atoms with Crippen molar-refractivity contribution < 1.29 is 9.53 Å². The van der Waals surface area contributed by atoms with Gasteiger partial charge in [-0.15, -0.1) is 0 Å². The number of benzene rings is 2. The molecule has 3 heterocycles. The molecule has 1 unspecified atom stereocenters. The first-order valence-corrected chi connectivity index (χ1v) is 11.1. The van der Waals surface area contributed by atoms with Crippen LogP contribution in [-0.4, -0.2) is 47.1 Å². The molecule has 1 N–H and O–H groups in total. The van der Waals surface area contributed by atoms with Crippen LogP contribution in [-0.2, 0) is 4.74 Å². The molecule has 0 bridgehead atoms. The Balaban J connectivity index is 1.33. The minimum Gasteiger partial charge on any atom is -0.381 e. The lowest BCUT2D eigenvalue weighted by Crippen LogP contribution is -2.48. The fourth-order valence-corrected chi connectivity index (χ4v) is 4.57. The number of H-pyrrole nitrogens is 1. The Hall–Kier alpha value is -3.43. The van der Waals surface area contributed by atoms with Crippen molar-refractivity contribution >= 4 is 5.91 Å². The van der Waals surface area contributed by atoms with Crippen LogP contribution >= 0.6 is 0 Å². The molecule has 2 saturated heterocycles. The average Bonchev–Trinajstić information content (AvgIpc) is 3.43. The molecule has 1 atom stereocenters. The van der Waals surface area contributed by atoms with Gasteiger partial charge in [0.15, 0.2) is 0 Å². The summed E-state index contributed by atoms with van der Waals surface area (Å²) in [7, 11) is 0. The van der Waals surface area contributed by atoms with E-state index in [4.69, 9.17) is 15.0 Å². The number of ether oxygens (including phenoxy) is 1. The first kappa shape index (κ1) is 20.5. The summed E-state index contributed by atoms with van der Waals surface area (Å²) in [6.07, 6.45) is 0.985. The Morgan fingerprint density at radius 3 is 2.62 bits per heavy atom. The molecule has 6 heteroatoms. The smallest absolute Gasteiger partial charge is 0.253 e. The number of nitriles is 1. The van der Waals surface area contributed by atoms with E-state index in [9.17, 15) is 4.79 Å². The molecule has 2 aliphatic heterocycles. The quantitative estimate of drug-likeness (QED) is 0.674. The number of amides is 1. The van der Waals surface area contributed by atoms with E-state index in [-0.39, 0.29) is 5.91 Å². The number of aromatic nitrogens is 2. The van der Waals surface area contributed by atoms with E-state index in [1.807, 2.05) is 54.3 Å². The number of rotatable bonds is 4. The highest BCUT2D eigenvalue weighted by atomic mass is 16.5. The van der Waals surface area contributed by atoms with E-state index in [0.29, 0.717) is 42.7 Å². The molecule has 0 aliphatic carbocycles. The van der Waals surface area contributed by atoms with Gasteiger partial charge in [-0.05, 0) is 55.7 Å². The fourth-order valence-electron chi connectivity index (χ4n) is 4.57. The Morgan fingerprint density at radius 2 is 1.94 bits per heavy atom. The summed E-state index contributed by atoms with van der Waals surface area (Å²) < 4.78 is 5.51. The molecule has 1 amide bonds. The Labute approximate surface area is 187 Å². The Bertz CT molecular complexity index is 1190. The number of likely N-dealkylation sites (tertiary alicyclic amines) is 1. The first-order chi connectivity index (χ1) is 15.5. The normalized spacial score (nSPS) is 18.4. The van der Waals surface area contributed by atoms with Crippen molar-refractivity contribution in [3.8, 4) is 17.3 Å². The lowest BCUT2D eigenvalue weighted by molar-refractivity contribution is 0.0602. The maximum absolute atomic E-state index is 13.1. The Morgan fingerprint density at radius 1 is 1.16 bits per heavy atom. The van der Waals surface area contributed by atoms with Crippen LogP contribution < -0.4 is 0 Å². The van der Waals surface area contributed by atoms with Gasteiger partial charge in [-0.2, -0.15) is 5.26 Å². The SMILES string of the molecule is Cc1ccc(C(=O)N2CC(c3ccc(C#N)cc3)C2)cc1-c1nc(C2CCOC2)[nH]c1C. The molecule has 32 heavy (non-hydrogen) atoms. The topological polar surface area (TPSA) is 82.0 Å². The second-order valence-electron chi connectivity index (χ2n) is 8.83. The third-order valence-corrected chi connectivity index (χ3v) is 6.64. The van der Waals surface area contributed by atoms with Crippen LogP contribution in [0.3, 0.4) is 0 Å². The summed E-state index contributed by atoms with van der Waals surface area (Å²) in [6.45, 7) is 6.97. The van der Waals surface area contributed by atoms with Gasteiger partial charge < -0.3 is 14.6 Å². The lowest BCUT2D eigenvalue weighted by atomic mass is 9.90. The molecular weight excluding hydrogens is 400 g/mol. The zero-order valence-electron chi connectivity index (χ0n) is 18.4. The predicted molar refractivity (Wildman–Crippen MR) is 121 cm³/mol. The van der Waals surface area contributed by atoms with Gasteiger partial charge in [-0.25, -0.2) is 4.98 Å². The zero-order valence-corrected chi connectivity index (χ0v) is 18.4. The van der Waals surface area contributed by atoms with Gasteiger partial charge in [-0.1, -0.05) is 18.2 Å². The van der Waals surface area contributed by atoms with Gasteiger partial charge in [0, 0.05) is 48.4 Å². The second kappa shape index (κ2) is 8.25. The molecular formula is C26H26N4O2. The number of hydrogen-bond acceptors (Lipinski definition) is 4. The number of aryl methyl sites for hydroxylation is 2. The average molecular weight is 427 g/mol. The molecule has 2 aromatic carbocycles. The molecule has 5 rings (SSSR count). The summed E-state index contributed by atoms with van der Waals surface area (Å²) in [5.41, 5.74) is 6.56. The van der Waals surface area contributed by atoms with Crippen LogP contribution in [0, 0.1) is 25.2 Å². The number of imidazole rings is 1. The van der Waals surface area contributed by atoms with E-state index >= 15 is 0 Å². The van der Waals surface area contributed by atoms with Crippen molar-refractivity contribution in [1.82, 2.24) is 14.9 Å². The standard InChI is InChI=1S/C26H26N4O2/c1-16-3-6-20(11-23(16)24-17(2)28-25(29-24)21-9-10-32-15-21)26(31)30-13-22(14-30)19-7-4-18(12-27)5-8-19/h3-8,11,21-22H,9-10,13-15H2,1-2H3,(H,28,29). The number of carbonyl (C=O) groups excluding carboxylic acids is 1. The van der Waals surface area contributed by atoms with Gasteiger partial charge in [0.2, 0.25) is 0 Å². The number of aromatic amines is 1. The van der Waals surface area contributed by atoms with E-state index in [0.717, 1.165) is 41.4 Å². The summed E-state index contributed by atoms with van der Waals surface area (Å²) in [5.74, 6) is 1.65. The maximum atomic E-state index is 13.1. The summed E-state index contributed by atoms with van der Waals surface area (Å²) in [4.78, 5) is 23.3. The lowest BCUT2D eigenvalue weighted by Gasteiger charge is -2.39. The van der Waals surface area contributed by atoms with Gasteiger partial charge in [0.25, 0.3) is 5.91 Å². The number of carbonyl (C=O) groups is 1. The Kier molecular flexibility index (Phi) is 5.28. The molecule has 2 fully saturated rings. The highest BCUT2D eigenvalue weighted by molar-refractivity contribution is 5.96. The van der Waals surface area contributed by atoms with Gasteiger partial charge in [0.05, 0.1) is 23.9 Å². The van der Waals surface area contributed by atoms with Crippen molar-refractivity contribution in [2.24, 2.45) is 0 Å². The third kappa shape index (κ3) is 3.69. The third-order valence-electron chi connectivity index (χ3n) is 6.64. The van der Waals surface area contributed by atoms with Crippen LogP contribution in [0.2, 0.25) is 0 Å². The second-order valence-corrected chi connectivity index (χ2v) is 8.83. The molecule has 0 radical (unpaired) electrons. The van der Waals surface area contributed by atoms with Crippen LogP contribution in [0.1, 0.15) is 56.8 Å². The monoisotopic (exact) mass is 426 g/mol. The maximum Gasteiger partial charge on any atom is 0.253 e. The van der Waals surface area contributed by atoms with Crippen molar-refractivity contribution in [3.05, 3.63) is 76.2 Å². The predicted octanol–water partition coefficient (Wildman–Crippen LogP) is 4.31. The van der Waals surface area contributed by atoms with Gasteiger partial charge in [0.1, 0.15) is 5.82 Å². The molecule has 0 saturated carbocycles. The first-order valence-electron chi connectivity index (χ1n) is 11.1. The van der Waals surface area contributed by atoms with Crippen molar-refractivity contribution in [3.63, 3.8) is 0 Å². The molecule has 1 aromatic heterocycles. The molecule has 2 aliphatic rings. The van der Waals surface area contributed by atoms with E-state index in [2.05, 4.69) is 18.0 Å². The molecule has 6 nitrogen and oxygen atoms in total. The number of nitrogens with one attached hydrogen (secondary N) is 1. The number of nitrogens with zero attached hydrogens (tertiary/aromatic N) is 3. The van der Waals surface area contributed by atoms with Crippen molar-refractivity contribution in [2.45, 2.75) is 32.1 Å². The van der Waals surface area contributed by atoms with Gasteiger partial charge >= 0.3 is 0 Å². The number of hydrogen-bond donors (Lipinski definition) is 1. The van der Waals surface area contributed by atoms with Crippen LogP contribution in [0.15, 0.2) is 42.5 Å². The van der Waals surface area contributed by atoms with Crippen molar-refractivity contribution in [1.29, 1.82) is 5.26 Å². The molecule has 162 valence electrons. The molecule has 0 spiro atoms. The summed E-state index contributed by atoms with van der Waals surface area (Å²) in [6, 6.07) is 15.7. The van der Waals surface area contributed by atoms with E-state index < -0.39 is 0 Å². The highest BCUT2D eigenvalue weighted by Gasteiger charge is 2.32. The largest absolute Gasteiger partial charge is 0.381 e. The fraction of sp³-hybridized carbons (Fsp3) is 0.346. The molecule has 3 aromatic rings. The summed E-state index contributed by atoms with van der Waals surface area (Å²) in [5, 5.41) is 8.96. The summed E-state index contributed by atoms with van der Waals surface area (Å²) >= 11 is 0. The zero-order chi connectivity index (χ0) is 22.2. The van der Waals surface area contributed by atoms with Crippen molar-refractivity contribution in [2.75, 3.05) is 26.3 Å². The van der Waals surface area contributed by atoms with E-state index in [1.54, 1.807) is 0 Å². The van der Waals surface area contributed by atoms with Crippen LogP contribution in [0.5, 0.6) is 0 Å². The van der Waals surface area contributed by atoms with E-state index in [1.165, 1.54) is 5.56 Å². The van der Waals surface area contributed by atoms with Gasteiger partial charge in [-0.3, -0.25) is 4.79 Å².